The van der Waals surface area contributed by atoms with E-state index in [9.17, 15) is 4.79 Å². The molecule has 1 aliphatic rings. The van der Waals surface area contributed by atoms with Crippen molar-refractivity contribution in [2.24, 2.45) is 0 Å². The predicted octanol–water partition coefficient (Wildman–Crippen LogP) is 2.12. The third-order valence-corrected chi connectivity index (χ3v) is 2.92. The fourth-order valence-corrected chi connectivity index (χ4v) is 2.13. The normalized spacial score (nSPS) is 15.8. The summed E-state index contributed by atoms with van der Waals surface area (Å²) in [6.07, 6.45) is 2.85. The van der Waals surface area contributed by atoms with E-state index in [2.05, 4.69) is 0 Å². The molecule has 0 aliphatic heterocycles. The first-order chi connectivity index (χ1) is 8.15. The van der Waals surface area contributed by atoms with Gasteiger partial charge < -0.3 is 14.6 Å². The molecule has 1 aliphatic carbocycles. The number of hydrogen-bond donors (Lipinski definition) is 1. The van der Waals surface area contributed by atoms with E-state index in [0.29, 0.717) is 11.5 Å². The zero-order valence-electron chi connectivity index (χ0n) is 9.82. The molecule has 0 amide bonds. The largest absolute Gasteiger partial charge is 0.493 e. The van der Waals surface area contributed by atoms with Gasteiger partial charge in [-0.15, -0.1) is 0 Å². The van der Waals surface area contributed by atoms with E-state index in [1.807, 2.05) is 12.1 Å². The number of carbonyl (C=O) groups is 1. The van der Waals surface area contributed by atoms with Crippen molar-refractivity contribution >= 4 is 11.5 Å². The molecule has 17 heavy (non-hydrogen) atoms. The third-order valence-electron chi connectivity index (χ3n) is 2.92. The van der Waals surface area contributed by atoms with Crippen LogP contribution in [-0.4, -0.2) is 25.3 Å². The van der Waals surface area contributed by atoms with Crippen LogP contribution in [0.15, 0.2) is 18.2 Å². The Morgan fingerprint density at radius 1 is 1.24 bits per heavy atom. The maximum absolute atomic E-state index is 10.7. The molecule has 0 heterocycles. The Morgan fingerprint density at radius 2 is 1.88 bits per heavy atom. The van der Waals surface area contributed by atoms with Crippen LogP contribution in [0, 0.1) is 0 Å². The Kier molecular flexibility index (Phi) is 3.04. The quantitative estimate of drug-likeness (QED) is 0.814. The van der Waals surface area contributed by atoms with E-state index in [0.717, 1.165) is 29.5 Å². The molecule has 0 fully saturated rings. The molecule has 0 spiro atoms. The number of allylic oxidation sites excluding steroid dienone is 1. The molecule has 0 aromatic heterocycles. The summed E-state index contributed by atoms with van der Waals surface area (Å²) in [6.45, 7) is 0. The van der Waals surface area contributed by atoms with Gasteiger partial charge >= 0.3 is 5.97 Å². The van der Waals surface area contributed by atoms with Gasteiger partial charge in [0.15, 0.2) is 11.5 Å². The van der Waals surface area contributed by atoms with Crippen molar-refractivity contribution in [3.05, 3.63) is 29.3 Å². The lowest BCUT2D eigenvalue weighted by atomic mass is 10.1. The summed E-state index contributed by atoms with van der Waals surface area (Å²) in [5.41, 5.74) is 2.90. The highest BCUT2D eigenvalue weighted by Crippen LogP contribution is 2.39. The standard InChI is InChI=1S/C13H14O4/c1-16-11-5-8-3-4-9(6-13(14)15)10(8)7-12(11)17-2/h5-7H,3-4H2,1-2H3,(H,14,15)/b9-6+. The minimum absolute atomic E-state index is 0.629. The van der Waals surface area contributed by atoms with Crippen molar-refractivity contribution in [3.63, 3.8) is 0 Å². The number of fused-ring (bicyclic) bond motifs is 1. The summed E-state index contributed by atoms with van der Waals surface area (Å²) in [5, 5.41) is 8.79. The predicted molar refractivity (Wildman–Crippen MR) is 63.5 cm³/mol. The van der Waals surface area contributed by atoms with Crippen molar-refractivity contribution in [1.29, 1.82) is 0 Å². The number of aryl methyl sites for hydroxylation is 1. The minimum Gasteiger partial charge on any atom is -0.493 e. The zero-order chi connectivity index (χ0) is 12.4. The van der Waals surface area contributed by atoms with Crippen LogP contribution in [0.4, 0.5) is 0 Å². The molecule has 1 aromatic rings. The maximum Gasteiger partial charge on any atom is 0.328 e. The highest BCUT2D eigenvalue weighted by molar-refractivity contribution is 5.92. The molecule has 2 rings (SSSR count). The first kappa shape index (κ1) is 11.5. The fourth-order valence-electron chi connectivity index (χ4n) is 2.13. The third kappa shape index (κ3) is 2.11. The van der Waals surface area contributed by atoms with Gasteiger partial charge in [-0.25, -0.2) is 4.79 Å². The molecular formula is C13H14O4. The van der Waals surface area contributed by atoms with Gasteiger partial charge in [0.25, 0.3) is 0 Å². The van der Waals surface area contributed by atoms with Crippen LogP contribution >= 0.6 is 0 Å². The first-order valence-corrected chi connectivity index (χ1v) is 5.34. The SMILES string of the molecule is COc1cc2c(cc1OC)/C(=C/C(=O)O)CC2. The maximum atomic E-state index is 10.7. The lowest BCUT2D eigenvalue weighted by Crippen LogP contribution is -1.94. The Bertz CT molecular complexity index is 488. The van der Waals surface area contributed by atoms with Crippen LogP contribution in [0.1, 0.15) is 17.5 Å². The van der Waals surface area contributed by atoms with Crippen LogP contribution in [0.3, 0.4) is 0 Å². The highest BCUT2D eigenvalue weighted by atomic mass is 16.5. The summed E-state index contributed by atoms with van der Waals surface area (Å²) in [7, 11) is 3.16. The van der Waals surface area contributed by atoms with Crippen LogP contribution in [-0.2, 0) is 11.2 Å². The molecule has 0 bridgehead atoms. The Hall–Kier alpha value is -1.97. The molecule has 0 atom stereocenters. The van der Waals surface area contributed by atoms with Gasteiger partial charge in [-0.05, 0) is 41.7 Å². The van der Waals surface area contributed by atoms with Gasteiger partial charge in [-0.3, -0.25) is 0 Å². The molecular weight excluding hydrogens is 220 g/mol. The van der Waals surface area contributed by atoms with E-state index < -0.39 is 5.97 Å². The van der Waals surface area contributed by atoms with Crippen molar-refractivity contribution < 1.29 is 19.4 Å². The topological polar surface area (TPSA) is 55.8 Å². The zero-order valence-corrected chi connectivity index (χ0v) is 9.82. The molecule has 1 aromatic carbocycles. The Labute approximate surface area is 99.5 Å². The van der Waals surface area contributed by atoms with Crippen LogP contribution in [0.5, 0.6) is 11.5 Å². The van der Waals surface area contributed by atoms with Crippen molar-refractivity contribution in [1.82, 2.24) is 0 Å². The molecule has 0 saturated carbocycles. The van der Waals surface area contributed by atoms with Crippen LogP contribution in [0.25, 0.3) is 5.57 Å². The second-order valence-electron chi connectivity index (χ2n) is 3.87. The summed E-state index contributed by atoms with van der Waals surface area (Å²) in [5.74, 6) is 0.398. The van der Waals surface area contributed by atoms with E-state index in [1.54, 1.807) is 14.2 Å². The van der Waals surface area contributed by atoms with Gasteiger partial charge in [-0.2, -0.15) is 0 Å². The highest BCUT2D eigenvalue weighted by Gasteiger charge is 2.20. The van der Waals surface area contributed by atoms with Crippen LogP contribution < -0.4 is 9.47 Å². The average Bonchev–Trinajstić information content (AvgIpc) is 2.69. The molecule has 4 nitrogen and oxygen atoms in total. The monoisotopic (exact) mass is 234 g/mol. The number of benzene rings is 1. The summed E-state index contributed by atoms with van der Waals surface area (Å²) >= 11 is 0. The first-order valence-electron chi connectivity index (χ1n) is 5.34. The number of ether oxygens (including phenoxy) is 2. The Morgan fingerprint density at radius 3 is 2.47 bits per heavy atom. The van der Waals surface area contributed by atoms with Gasteiger partial charge in [0.05, 0.1) is 14.2 Å². The van der Waals surface area contributed by atoms with Crippen molar-refractivity contribution in [2.45, 2.75) is 12.8 Å². The number of hydrogen-bond acceptors (Lipinski definition) is 3. The average molecular weight is 234 g/mol. The fraction of sp³-hybridized carbons (Fsp3) is 0.308. The van der Waals surface area contributed by atoms with Gasteiger partial charge in [0.2, 0.25) is 0 Å². The molecule has 90 valence electrons. The van der Waals surface area contributed by atoms with Crippen molar-refractivity contribution in [3.8, 4) is 11.5 Å². The van der Waals surface area contributed by atoms with E-state index in [4.69, 9.17) is 14.6 Å². The second-order valence-corrected chi connectivity index (χ2v) is 3.87. The number of carboxylic acid groups (broad SMARTS) is 1. The summed E-state index contributed by atoms with van der Waals surface area (Å²) in [6, 6.07) is 3.76. The van der Waals surface area contributed by atoms with Crippen molar-refractivity contribution in [2.75, 3.05) is 14.2 Å². The summed E-state index contributed by atoms with van der Waals surface area (Å²) < 4.78 is 10.4. The number of carboxylic acids is 1. The number of aliphatic carboxylic acids is 1. The second kappa shape index (κ2) is 4.49. The number of rotatable bonds is 3. The van der Waals surface area contributed by atoms with E-state index in [1.165, 1.54) is 6.08 Å². The minimum atomic E-state index is -0.914. The number of methoxy groups -OCH3 is 2. The lowest BCUT2D eigenvalue weighted by molar-refractivity contribution is -0.131. The van der Waals surface area contributed by atoms with Crippen LogP contribution in [0.2, 0.25) is 0 Å². The van der Waals surface area contributed by atoms with Gasteiger partial charge in [0.1, 0.15) is 0 Å². The molecule has 1 N–H and O–H groups in total. The van der Waals surface area contributed by atoms with E-state index in [-0.39, 0.29) is 0 Å². The molecule has 0 radical (unpaired) electrons. The molecule has 0 saturated heterocycles. The molecule has 0 unspecified atom stereocenters. The Balaban J connectivity index is 2.50. The smallest absolute Gasteiger partial charge is 0.328 e. The van der Waals surface area contributed by atoms with Gasteiger partial charge in [0, 0.05) is 6.08 Å². The lowest BCUT2D eigenvalue weighted by Gasteiger charge is -2.10. The molecule has 4 heteroatoms. The van der Waals surface area contributed by atoms with E-state index >= 15 is 0 Å². The summed E-state index contributed by atoms with van der Waals surface area (Å²) in [4.78, 5) is 10.7. The van der Waals surface area contributed by atoms with Gasteiger partial charge in [-0.1, -0.05) is 0 Å².